The van der Waals surface area contributed by atoms with Crippen LogP contribution >= 0.6 is 0 Å². The Labute approximate surface area is 122 Å². The van der Waals surface area contributed by atoms with E-state index >= 15 is 0 Å². The first-order valence-corrected chi connectivity index (χ1v) is 7.05. The number of hydrogen-bond donors (Lipinski definition) is 2. The van der Waals surface area contributed by atoms with E-state index in [1.165, 1.54) is 0 Å². The van der Waals surface area contributed by atoms with E-state index in [4.69, 9.17) is 14.9 Å². The Balaban J connectivity index is 1.72. The fourth-order valence-corrected chi connectivity index (χ4v) is 2.47. The molecule has 6 heteroatoms. The van der Waals surface area contributed by atoms with Crippen molar-refractivity contribution in [3.8, 4) is 5.75 Å². The van der Waals surface area contributed by atoms with Crippen molar-refractivity contribution in [1.82, 2.24) is 10.4 Å². The van der Waals surface area contributed by atoms with Crippen molar-refractivity contribution in [2.45, 2.75) is 18.9 Å². The summed E-state index contributed by atoms with van der Waals surface area (Å²) in [5.74, 6) is 0.800. The van der Waals surface area contributed by atoms with Crippen molar-refractivity contribution in [1.29, 1.82) is 0 Å². The van der Waals surface area contributed by atoms with Gasteiger partial charge in [-0.2, -0.15) is 0 Å². The first-order chi connectivity index (χ1) is 10.2. The standard InChI is InChI=1S/C15H19N3O3/c1-20-12-2-3-13-10(8-12)9-14(21-13)15(19)17-18-6-4-11(16)5-7-18/h2-3,8-9,11H,4-7,16H2,1H3,(H,17,19). The molecule has 1 aromatic carbocycles. The minimum atomic E-state index is -0.236. The van der Waals surface area contributed by atoms with Gasteiger partial charge in [0.2, 0.25) is 0 Å². The summed E-state index contributed by atoms with van der Waals surface area (Å²) in [5.41, 5.74) is 9.37. The zero-order valence-electron chi connectivity index (χ0n) is 12.0. The third-order valence-electron chi connectivity index (χ3n) is 3.75. The fourth-order valence-electron chi connectivity index (χ4n) is 2.47. The van der Waals surface area contributed by atoms with Gasteiger partial charge in [-0.05, 0) is 37.1 Å². The Morgan fingerprint density at radius 2 is 2.14 bits per heavy atom. The number of nitrogens with zero attached hydrogens (tertiary/aromatic N) is 1. The maximum atomic E-state index is 12.2. The average Bonchev–Trinajstić information content (AvgIpc) is 2.92. The van der Waals surface area contributed by atoms with Crippen LogP contribution < -0.4 is 15.9 Å². The number of nitrogens with two attached hydrogens (primary N) is 1. The molecule has 1 aliphatic rings. The number of furan rings is 1. The Morgan fingerprint density at radius 3 is 2.86 bits per heavy atom. The van der Waals surface area contributed by atoms with Gasteiger partial charge < -0.3 is 14.9 Å². The molecule has 0 unspecified atom stereocenters. The minimum Gasteiger partial charge on any atom is -0.497 e. The number of rotatable bonds is 3. The molecule has 1 fully saturated rings. The highest BCUT2D eigenvalue weighted by molar-refractivity contribution is 5.96. The summed E-state index contributed by atoms with van der Waals surface area (Å²) in [7, 11) is 1.61. The predicted octanol–water partition coefficient (Wildman–Crippen LogP) is 1.51. The zero-order chi connectivity index (χ0) is 14.8. The molecule has 21 heavy (non-hydrogen) atoms. The number of carbonyl (C=O) groups is 1. The Hall–Kier alpha value is -2.05. The molecule has 112 valence electrons. The van der Waals surface area contributed by atoms with E-state index in [9.17, 15) is 4.79 Å². The summed E-state index contributed by atoms with van der Waals surface area (Å²) in [6.45, 7) is 1.53. The molecule has 2 heterocycles. The van der Waals surface area contributed by atoms with Crippen LogP contribution in [0.25, 0.3) is 11.0 Å². The molecule has 1 saturated heterocycles. The van der Waals surface area contributed by atoms with Crippen LogP contribution in [0.2, 0.25) is 0 Å². The highest BCUT2D eigenvalue weighted by Crippen LogP contribution is 2.24. The minimum absolute atomic E-state index is 0.233. The molecule has 3 N–H and O–H groups in total. The second kappa shape index (κ2) is 5.75. The summed E-state index contributed by atoms with van der Waals surface area (Å²) in [5, 5.41) is 2.74. The molecule has 1 amide bonds. The van der Waals surface area contributed by atoms with E-state index in [0.717, 1.165) is 37.1 Å². The predicted molar refractivity (Wildman–Crippen MR) is 79.0 cm³/mol. The van der Waals surface area contributed by atoms with Crippen molar-refractivity contribution >= 4 is 16.9 Å². The van der Waals surface area contributed by atoms with Gasteiger partial charge in [0.25, 0.3) is 0 Å². The lowest BCUT2D eigenvalue weighted by atomic mass is 10.1. The maximum absolute atomic E-state index is 12.2. The second-order valence-corrected chi connectivity index (χ2v) is 5.28. The maximum Gasteiger partial charge on any atom is 0.301 e. The van der Waals surface area contributed by atoms with Crippen molar-refractivity contribution in [2.24, 2.45) is 5.73 Å². The van der Waals surface area contributed by atoms with Crippen molar-refractivity contribution < 1.29 is 13.9 Å². The van der Waals surface area contributed by atoms with Crippen molar-refractivity contribution in [2.75, 3.05) is 20.2 Å². The van der Waals surface area contributed by atoms with Gasteiger partial charge in [-0.25, -0.2) is 5.01 Å². The van der Waals surface area contributed by atoms with Crippen LogP contribution in [0.5, 0.6) is 5.75 Å². The normalized spacial score (nSPS) is 17.0. The first-order valence-electron chi connectivity index (χ1n) is 7.05. The molecule has 1 aromatic heterocycles. The third-order valence-corrected chi connectivity index (χ3v) is 3.75. The van der Waals surface area contributed by atoms with Crippen LogP contribution in [-0.2, 0) is 0 Å². The van der Waals surface area contributed by atoms with E-state index in [1.54, 1.807) is 25.3 Å². The van der Waals surface area contributed by atoms with E-state index in [0.29, 0.717) is 11.3 Å². The van der Waals surface area contributed by atoms with Crippen LogP contribution in [0.3, 0.4) is 0 Å². The van der Waals surface area contributed by atoms with Gasteiger partial charge in [0.1, 0.15) is 11.3 Å². The number of nitrogens with one attached hydrogen (secondary N) is 1. The molecular formula is C15H19N3O3. The summed E-state index contributed by atoms with van der Waals surface area (Å²) in [6, 6.07) is 7.40. The van der Waals surface area contributed by atoms with E-state index in [-0.39, 0.29) is 11.9 Å². The number of carbonyl (C=O) groups excluding carboxylic acids is 1. The van der Waals surface area contributed by atoms with Gasteiger partial charge in [0, 0.05) is 24.5 Å². The van der Waals surface area contributed by atoms with Crippen LogP contribution in [0.15, 0.2) is 28.7 Å². The molecule has 0 saturated carbocycles. The topological polar surface area (TPSA) is 80.7 Å². The van der Waals surface area contributed by atoms with Crippen LogP contribution in [0.1, 0.15) is 23.4 Å². The highest BCUT2D eigenvalue weighted by Gasteiger charge is 2.20. The molecule has 2 aromatic rings. The number of piperidine rings is 1. The SMILES string of the molecule is COc1ccc2oc(C(=O)NN3CCC(N)CC3)cc2c1. The van der Waals surface area contributed by atoms with Gasteiger partial charge in [-0.3, -0.25) is 10.2 Å². The van der Waals surface area contributed by atoms with E-state index < -0.39 is 0 Å². The first kappa shape index (κ1) is 13.9. The molecule has 0 bridgehead atoms. The Morgan fingerprint density at radius 1 is 1.38 bits per heavy atom. The van der Waals surface area contributed by atoms with Gasteiger partial charge in [-0.1, -0.05) is 0 Å². The average molecular weight is 289 g/mol. The van der Waals surface area contributed by atoms with Gasteiger partial charge in [0.05, 0.1) is 7.11 Å². The smallest absolute Gasteiger partial charge is 0.301 e. The molecule has 6 nitrogen and oxygen atoms in total. The summed E-state index contributed by atoms with van der Waals surface area (Å²) >= 11 is 0. The van der Waals surface area contributed by atoms with Crippen LogP contribution in [0.4, 0.5) is 0 Å². The van der Waals surface area contributed by atoms with Crippen molar-refractivity contribution in [3.05, 3.63) is 30.0 Å². The molecule has 0 atom stereocenters. The summed E-state index contributed by atoms with van der Waals surface area (Å²) < 4.78 is 10.7. The van der Waals surface area contributed by atoms with Crippen molar-refractivity contribution in [3.63, 3.8) is 0 Å². The van der Waals surface area contributed by atoms with Gasteiger partial charge >= 0.3 is 5.91 Å². The highest BCUT2D eigenvalue weighted by atomic mass is 16.5. The number of methoxy groups -OCH3 is 1. The second-order valence-electron chi connectivity index (χ2n) is 5.28. The lowest BCUT2D eigenvalue weighted by Gasteiger charge is -2.29. The van der Waals surface area contributed by atoms with Gasteiger partial charge in [0.15, 0.2) is 5.76 Å². The lowest BCUT2D eigenvalue weighted by Crippen LogP contribution is -2.49. The quantitative estimate of drug-likeness (QED) is 0.895. The molecule has 0 aliphatic carbocycles. The number of ether oxygens (including phenoxy) is 1. The number of fused-ring (bicyclic) bond motifs is 1. The number of hydrazine groups is 1. The van der Waals surface area contributed by atoms with E-state index in [2.05, 4.69) is 5.43 Å². The number of amides is 1. The van der Waals surface area contributed by atoms with Gasteiger partial charge in [-0.15, -0.1) is 0 Å². The summed E-state index contributed by atoms with van der Waals surface area (Å²) in [6.07, 6.45) is 1.77. The molecule has 3 rings (SSSR count). The van der Waals surface area contributed by atoms with Crippen LogP contribution in [0, 0.1) is 0 Å². The monoisotopic (exact) mass is 289 g/mol. The Bertz CT molecular complexity index is 645. The van der Waals surface area contributed by atoms with E-state index in [1.807, 2.05) is 11.1 Å². The molecule has 0 radical (unpaired) electrons. The number of benzene rings is 1. The Kier molecular flexibility index (Phi) is 3.81. The summed E-state index contributed by atoms with van der Waals surface area (Å²) in [4.78, 5) is 12.2. The molecular weight excluding hydrogens is 270 g/mol. The molecule has 0 spiro atoms. The largest absolute Gasteiger partial charge is 0.497 e. The lowest BCUT2D eigenvalue weighted by molar-refractivity contribution is 0.0710. The van der Waals surface area contributed by atoms with Crippen LogP contribution in [-0.4, -0.2) is 37.2 Å². The zero-order valence-corrected chi connectivity index (χ0v) is 12.0. The number of hydrogen-bond acceptors (Lipinski definition) is 5. The fraction of sp³-hybridized carbons (Fsp3) is 0.400. The molecule has 1 aliphatic heterocycles. The third kappa shape index (κ3) is 3.01.